The van der Waals surface area contributed by atoms with Gasteiger partial charge < -0.3 is 10.2 Å². The minimum absolute atomic E-state index is 0.000679. The summed E-state index contributed by atoms with van der Waals surface area (Å²) in [4.78, 5) is 22.1. The van der Waals surface area contributed by atoms with E-state index < -0.39 is 11.9 Å². The second-order valence-electron chi connectivity index (χ2n) is 3.13. The van der Waals surface area contributed by atoms with Crippen LogP contribution in [0.25, 0.3) is 0 Å². The molecule has 0 bridgehead atoms. The number of hydrogen-bond acceptors (Lipinski definition) is 4. The second kappa shape index (κ2) is 5.79. The molecule has 0 saturated heterocycles. The molecule has 1 aromatic carbocycles. The third-order valence-electron chi connectivity index (χ3n) is 2.09. The van der Waals surface area contributed by atoms with Crippen LogP contribution in [0.1, 0.15) is 31.8 Å². The van der Waals surface area contributed by atoms with Crippen molar-refractivity contribution in [3.8, 4) is 0 Å². The summed E-state index contributed by atoms with van der Waals surface area (Å²) in [6, 6.07) is 2.30. The molecule has 18 heavy (non-hydrogen) atoms. The summed E-state index contributed by atoms with van der Waals surface area (Å²) in [7, 11) is 0. The molecule has 0 amide bonds. The maximum Gasteiger partial charge on any atom is 0.336 e. The van der Waals surface area contributed by atoms with Crippen LogP contribution in [0, 0.1) is 0 Å². The normalized spacial score (nSPS) is 9.89. The van der Waals surface area contributed by atoms with Crippen LogP contribution in [-0.2, 0) is 0 Å². The average Bonchev–Trinajstić information content (AvgIpc) is 2.26. The van der Waals surface area contributed by atoms with Gasteiger partial charge in [0.1, 0.15) is 0 Å². The van der Waals surface area contributed by atoms with Crippen LogP contribution in [0.3, 0.4) is 0 Å². The van der Waals surface area contributed by atoms with Crippen molar-refractivity contribution >= 4 is 70.0 Å². The zero-order valence-corrected chi connectivity index (χ0v) is 12.0. The van der Waals surface area contributed by atoms with Gasteiger partial charge in [0.05, 0.1) is 19.5 Å². The Hall–Kier alpha value is -0.960. The van der Waals surface area contributed by atoms with E-state index in [1.54, 1.807) is 0 Å². The summed E-state index contributed by atoms with van der Waals surface area (Å²) >= 11 is 17.5. The van der Waals surface area contributed by atoms with E-state index in [4.69, 9.17) is 34.6 Å². The van der Waals surface area contributed by atoms with E-state index in [1.165, 1.54) is 0 Å². The van der Waals surface area contributed by atoms with Crippen LogP contribution in [0.5, 0.6) is 0 Å². The Balaban J connectivity index is 3.82. The van der Waals surface area contributed by atoms with Gasteiger partial charge in [0.2, 0.25) is 0 Å². The molecule has 1 rings (SSSR count). The van der Waals surface area contributed by atoms with Crippen molar-refractivity contribution in [3.05, 3.63) is 34.4 Å². The zero-order chi connectivity index (χ0) is 14.0. The minimum atomic E-state index is -1.25. The Labute approximate surface area is 124 Å². The fraction of sp³-hybridized carbons (Fsp3) is 0. The molecular formula is C10H6O4S4. The maximum absolute atomic E-state index is 11.1. The second-order valence-corrected chi connectivity index (χ2v) is 5.45. The molecule has 0 unspecified atom stereocenters. The first-order valence-electron chi connectivity index (χ1n) is 4.37. The monoisotopic (exact) mass is 318 g/mol. The van der Waals surface area contributed by atoms with Gasteiger partial charge in [-0.25, -0.2) is 9.59 Å². The molecule has 0 aliphatic rings. The van der Waals surface area contributed by atoms with Crippen LogP contribution in [0.4, 0.5) is 0 Å². The van der Waals surface area contributed by atoms with Gasteiger partial charge >= 0.3 is 11.9 Å². The highest BCUT2D eigenvalue weighted by Crippen LogP contribution is 2.24. The standard InChI is InChI=1S/C10H6O4S4/c11-7(12)3-1-2-4(8(13)14)6(10(17)18)5(3)9(15)16/h1-2H,(H,11,12)(H,13,14)(H,15,16)(H,17,18). The SMILES string of the molecule is O=C(O)c1ccc(C(=O)O)c(C(=S)S)c1C(=S)S. The van der Waals surface area contributed by atoms with Crippen molar-refractivity contribution in [1.82, 2.24) is 0 Å². The molecule has 0 aliphatic heterocycles. The van der Waals surface area contributed by atoms with E-state index in [9.17, 15) is 9.59 Å². The quantitative estimate of drug-likeness (QED) is 0.504. The molecule has 0 fully saturated rings. The third kappa shape index (κ3) is 2.89. The summed E-state index contributed by atoms with van der Waals surface area (Å²) in [5, 5.41) is 18.1. The number of carboxylic acids is 2. The lowest BCUT2D eigenvalue weighted by molar-refractivity contribution is 0.0681. The lowest BCUT2D eigenvalue weighted by atomic mass is 9.97. The number of carbonyl (C=O) groups is 2. The molecular weight excluding hydrogens is 312 g/mol. The number of hydrogen-bond donors (Lipinski definition) is 4. The lowest BCUT2D eigenvalue weighted by Crippen LogP contribution is -2.15. The number of thiol groups is 2. The van der Waals surface area contributed by atoms with E-state index in [-0.39, 0.29) is 30.6 Å². The Morgan fingerprint density at radius 1 is 0.889 bits per heavy atom. The number of benzene rings is 1. The molecule has 0 atom stereocenters. The predicted molar refractivity (Wildman–Crippen MR) is 81.7 cm³/mol. The highest BCUT2D eigenvalue weighted by Gasteiger charge is 2.23. The van der Waals surface area contributed by atoms with Crippen LogP contribution in [0.2, 0.25) is 0 Å². The first-order valence-corrected chi connectivity index (χ1v) is 6.08. The summed E-state index contributed by atoms with van der Waals surface area (Å²) in [6.07, 6.45) is 0. The molecule has 1 aromatic rings. The van der Waals surface area contributed by atoms with Crippen LogP contribution in [-0.4, -0.2) is 30.5 Å². The van der Waals surface area contributed by atoms with Gasteiger partial charge in [-0.15, -0.1) is 25.3 Å². The third-order valence-corrected chi connectivity index (χ3v) is 2.95. The largest absolute Gasteiger partial charge is 0.478 e. The van der Waals surface area contributed by atoms with Gasteiger partial charge in [-0.1, -0.05) is 24.4 Å². The van der Waals surface area contributed by atoms with E-state index >= 15 is 0 Å². The van der Waals surface area contributed by atoms with Gasteiger partial charge in [-0.05, 0) is 12.1 Å². The van der Waals surface area contributed by atoms with Crippen LogP contribution in [0.15, 0.2) is 12.1 Å². The maximum atomic E-state index is 11.1. The van der Waals surface area contributed by atoms with Crippen molar-refractivity contribution in [3.63, 3.8) is 0 Å². The predicted octanol–water partition coefficient (Wildman–Crippen LogP) is 2.29. The van der Waals surface area contributed by atoms with Crippen molar-refractivity contribution in [2.45, 2.75) is 0 Å². The summed E-state index contributed by atoms with van der Waals surface area (Å²) in [5.74, 6) is -2.49. The van der Waals surface area contributed by atoms with E-state index in [1.807, 2.05) is 0 Å². The minimum Gasteiger partial charge on any atom is -0.478 e. The molecule has 0 spiro atoms. The number of rotatable bonds is 4. The number of thiocarbonyl (C=S) groups is 2. The lowest BCUT2D eigenvalue weighted by Gasteiger charge is -2.12. The number of aromatic carboxylic acids is 2. The van der Waals surface area contributed by atoms with Crippen LogP contribution < -0.4 is 0 Å². The van der Waals surface area contributed by atoms with E-state index in [0.717, 1.165) is 12.1 Å². The Bertz CT molecular complexity index is 528. The van der Waals surface area contributed by atoms with Gasteiger partial charge in [-0.2, -0.15) is 0 Å². The topological polar surface area (TPSA) is 74.6 Å². The summed E-state index contributed by atoms with van der Waals surface area (Å²) < 4.78 is -0.108. The molecule has 0 radical (unpaired) electrons. The first kappa shape index (κ1) is 15.1. The van der Waals surface area contributed by atoms with Gasteiger partial charge in [0, 0.05) is 11.1 Å². The van der Waals surface area contributed by atoms with Crippen molar-refractivity contribution < 1.29 is 19.8 Å². The van der Waals surface area contributed by atoms with E-state index in [0.29, 0.717) is 0 Å². The Morgan fingerprint density at radius 3 is 1.33 bits per heavy atom. The molecule has 0 aliphatic carbocycles. The Morgan fingerprint density at radius 2 is 1.17 bits per heavy atom. The van der Waals surface area contributed by atoms with Gasteiger partial charge in [0.25, 0.3) is 0 Å². The highest BCUT2D eigenvalue weighted by molar-refractivity contribution is 8.12. The van der Waals surface area contributed by atoms with Crippen LogP contribution >= 0.6 is 49.7 Å². The van der Waals surface area contributed by atoms with Gasteiger partial charge in [-0.3, -0.25) is 0 Å². The van der Waals surface area contributed by atoms with Gasteiger partial charge in [0.15, 0.2) is 0 Å². The molecule has 0 aromatic heterocycles. The number of carboxylic acid groups (broad SMARTS) is 2. The first-order chi connectivity index (χ1) is 8.27. The molecule has 0 heterocycles. The highest BCUT2D eigenvalue weighted by atomic mass is 32.1. The van der Waals surface area contributed by atoms with Crippen molar-refractivity contribution in [1.29, 1.82) is 0 Å². The smallest absolute Gasteiger partial charge is 0.336 e. The molecule has 0 saturated carbocycles. The summed E-state index contributed by atoms with van der Waals surface area (Å²) in [6.45, 7) is 0. The average molecular weight is 318 g/mol. The van der Waals surface area contributed by atoms with Crippen molar-refractivity contribution in [2.75, 3.05) is 0 Å². The summed E-state index contributed by atoms with van der Waals surface area (Å²) in [5.41, 5.74) is -0.320. The Kier molecular flexibility index (Phi) is 4.85. The molecule has 94 valence electrons. The van der Waals surface area contributed by atoms with E-state index in [2.05, 4.69) is 25.3 Å². The molecule has 4 nitrogen and oxygen atoms in total. The molecule has 2 N–H and O–H groups in total. The van der Waals surface area contributed by atoms with Crippen molar-refractivity contribution in [2.24, 2.45) is 0 Å². The fourth-order valence-electron chi connectivity index (χ4n) is 1.40. The molecule has 8 heteroatoms. The zero-order valence-electron chi connectivity index (χ0n) is 8.58. The fourth-order valence-corrected chi connectivity index (χ4v) is 2.29.